The Morgan fingerprint density at radius 1 is 1.19 bits per heavy atom. The predicted octanol–water partition coefficient (Wildman–Crippen LogP) is 2.23. The summed E-state index contributed by atoms with van der Waals surface area (Å²) in [5.41, 5.74) is 1.15. The number of benzene rings is 1. The van der Waals surface area contributed by atoms with Crippen LogP contribution < -0.4 is 4.74 Å². The van der Waals surface area contributed by atoms with Gasteiger partial charge in [-0.25, -0.2) is 0 Å². The van der Waals surface area contributed by atoms with Crippen LogP contribution in [0.3, 0.4) is 0 Å². The van der Waals surface area contributed by atoms with Gasteiger partial charge in [0.1, 0.15) is 12.4 Å². The zero-order valence-corrected chi connectivity index (χ0v) is 15.4. The molecule has 2 aliphatic heterocycles. The van der Waals surface area contributed by atoms with Gasteiger partial charge in [-0.05, 0) is 25.5 Å². The fraction of sp³-hybridized carbons (Fsp3) is 0.650. The molecule has 1 aromatic rings. The highest BCUT2D eigenvalue weighted by atomic mass is 16.5. The van der Waals surface area contributed by atoms with E-state index >= 15 is 0 Å². The number of rotatable bonds is 8. The van der Waals surface area contributed by atoms with Crippen molar-refractivity contribution in [2.75, 3.05) is 46.0 Å². The minimum atomic E-state index is -0.711. The van der Waals surface area contributed by atoms with Crippen LogP contribution in [0.2, 0.25) is 0 Å². The number of ether oxygens (including phenoxy) is 2. The van der Waals surface area contributed by atoms with E-state index in [9.17, 15) is 9.90 Å². The van der Waals surface area contributed by atoms with E-state index in [0.29, 0.717) is 6.61 Å². The molecule has 2 heterocycles. The molecule has 0 amide bonds. The Hall–Kier alpha value is -1.63. The van der Waals surface area contributed by atoms with Crippen molar-refractivity contribution in [3.05, 3.63) is 29.8 Å². The SMILES string of the molecule is O=C(O)CC1CCCCN1Cc1ccccc1OCCN1CCOCC1. The summed E-state index contributed by atoms with van der Waals surface area (Å²) in [7, 11) is 0. The zero-order valence-electron chi connectivity index (χ0n) is 15.4. The van der Waals surface area contributed by atoms with E-state index in [4.69, 9.17) is 9.47 Å². The molecule has 6 nitrogen and oxygen atoms in total. The van der Waals surface area contributed by atoms with Crippen molar-refractivity contribution >= 4 is 5.97 Å². The van der Waals surface area contributed by atoms with Crippen molar-refractivity contribution in [1.29, 1.82) is 0 Å². The molecule has 2 saturated heterocycles. The maximum Gasteiger partial charge on any atom is 0.304 e. The van der Waals surface area contributed by atoms with Crippen LogP contribution in [0.25, 0.3) is 0 Å². The van der Waals surface area contributed by atoms with E-state index in [0.717, 1.165) is 76.5 Å². The summed E-state index contributed by atoms with van der Waals surface area (Å²) in [4.78, 5) is 15.8. The summed E-state index contributed by atoms with van der Waals surface area (Å²) in [6.45, 7) is 6.82. The minimum Gasteiger partial charge on any atom is -0.492 e. The summed E-state index contributed by atoms with van der Waals surface area (Å²) in [6, 6.07) is 8.27. The lowest BCUT2D eigenvalue weighted by molar-refractivity contribution is -0.138. The third kappa shape index (κ3) is 5.69. The smallest absolute Gasteiger partial charge is 0.304 e. The van der Waals surface area contributed by atoms with Crippen molar-refractivity contribution < 1.29 is 19.4 Å². The number of carbonyl (C=O) groups is 1. The lowest BCUT2D eigenvalue weighted by Gasteiger charge is -2.35. The second-order valence-electron chi connectivity index (χ2n) is 7.13. The molecule has 1 N–H and O–H groups in total. The summed E-state index contributed by atoms with van der Waals surface area (Å²) in [5.74, 6) is 0.206. The van der Waals surface area contributed by atoms with Crippen LogP contribution >= 0.6 is 0 Å². The monoisotopic (exact) mass is 362 g/mol. The largest absolute Gasteiger partial charge is 0.492 e. The van der Waals surface area contributed by atoms with Crippen LogP contribution in [0.5, 0.6) is 5.75 Å². The predicted molar refractivity (Wildman–Crippen MR) is 99.5 cm³/mol. The van der Waals surface area contributed by atoms with Crippen molar-refractivity contribution in [1.82, 2.24) is 9.80 Å². The summed E-state index contributed by atoms with van der Waals surface area (Å²) in [5, 5.41) is 9.18. The molecule has 0 bridgehead atoms. The minimum absolute atomic E-state index is 0.127. The maximum atomic E-state index is 11.2. The number of hydrogen-bond donors (Lipinski definition) is 1. The van der Waals surface area contributed by atoms with Crippen molar-refractivity contribution in [3.63, 3.8) is 0 Å². The van der Waals surface area contributed by atoms with E-state index in [1.807, 2.05) is 18.2 Å². The number of para-hydroxylation sites is 1. The Labute approximate surface area is 155 Å². The van der Waals surface area contributed by atoms with Crippen molar-refractivity contribution in [3.8, 4) is 5.75 Å². The molecule has 2 aliphatic rings. The van der Waals surface area contributed by atoms with E-state index in [-0.39, 0.29) is 12.5 Å². The molecule has 1 atom stereocenters. The van der Waals surface area contributed by atoms with Gasteiger partial charge in [0.2, 0.25) is 0 Å². The first-order chi connectivity index (χ1) is 12.7. The zero-order chi connectivity index (χ0) is 18.2. The first-order valence-corrected chi connectivity index (χ1v) is 9.69. The fourth-order valence-electron chi connectivity index (χ4n) is 3.80. The topological polar surface area (TPSA) is 62.2 Å². The molecule has 144 valence electrons. The Bertz CT molecular complexity index is 575. The third-order valence-electron chi connectivity index (χ3n) is 5.27. The number of morpholine rings is 1. The van der Waals surface area contributed by atoms with Crippen molar-refractivity contribution in [2.24, 2.45) is 0 Å². The average molecular weight is 362 g/mol. The first kappa shape index (κ1) is 19.1. The van der Waals surface area contributed by atoms with Crippen LogP contribution in [0.1, 0.15) is 31.2 Å². The second-order valence-corrected chi connectivity index (χ2v) is 7.13. The number of carboxylic acid groups (broad SMARTS) is 1. The van der Waals surface area contributed by atoms with E-state index < -0.39 is 5.97 Å². The van der Waals surface area contributed by atoms with Gasteiger partial charge in [0.15, 0.2) is 0 Å². The third-order valence-corrected chi connectivity index (χ3v) is 5.27. The van der Waals surface area contributed by atoms with Gasteiger partial charge in [0.25, 0.3) is 0 Å². The van der Waals surface area contributed by atoms with Crippen LogP contribution in [0.15, 0.2) is 24.3 Å². The van der Waals surface area contributed by atoms with Crippen LogP contribution in [0.4, 0.5) is 0 Å². The standard InChI is InChI=1S/C20H30N2O4/c23-20(24)15-18-6-3-4-8-22(18)16-17-5-1-2-7-19(17)26-14-11-21-9-12-25-13-10-21/h1-2,5,7,18H,3-4,6,8-16H2,(H,23,24). The molecule has 26 heavy (non-hydrogen) atoms. The normalized spacial score (nSPS) is 22.2. The summed E-state index contributed by atoms with van der Waals surface area (Å²) in [6.07, 6.45) is 3.44. The lowest BCUT2D eigenvalue weighted by atomic mass is 9.98. The second kappa shape index (κ2) is 9.90. The number of aliphatic carboxylic acids is 1. The van der Waals surface area contributed by atoms with Gasteiger partial charge in [-0.15, -0.1) is 0 Å². The Morgan fingerprint density at radius 3 is 2.81 bits per heavy atom. The Balaban J connectivity index is 1.56. The summed E-state index contributed by atoms with van der Waals surface area (Å²) < 4.78 is 11.4. The van der Waals surface area contributed by atoms with Gasteiger partial charge in [-0.2, -0.15) is 0 Å². The molecule has 6 heteroatoms. The van der Waals surface area contributed by atoms with Crippen molar-refractivity contribution in [2.45, 2.75) is 38.3 Å². The maximum absolute atomic E-state index is 11.2. The first-order valence-electron chi connectivity index (χ1n) is 9.69. The molecule has 0 radical (unpaired) electrons. The quantitative estimate of drug-likeness (QED) is 0.765. The highest BCUT2D eigenvalue weighted by Gasteiger charge is 2.25. The molecule has 1 aromatic carbocycles. The number of carboxylic acids is 1. The molecule has 0 spiro atoms. The lowest BCUT2D eigenvalue weighted by Crippen LogP contribution is -2.40. The molecule has 0 saturated carbocycles. The van der Waals surface area contributed by atoms with E-state index in [1.165, 1.54) is 0 Å². The molecule has 0 aliphatic carbocycles. The van der Waals surface area contributed by atoms with Crippen LogP contribution in [0, 0.1) is 0 Å². The van der Waals surface area contributed by atoms with Gasteiger partial charge >= 0.3 is 5.97 Å². The van der Waals surface area contributed by atoms with Gasteiger partial charge in [-0.1, -0.05) is 24.6 Å². The Kier molecular flexibility index (Phi) is 7.29. The number of hydrogen-bond acceptors (Lipinski definition) is 5. The van der Waals surface area contributed by atoms with Crippen LogP contribution in [-0.4, -0.2) is 72.9 Å². The van der Waals surface area contributed by atoms with Crippen LogP contribution in [-0.2, 0) is 16.1 Å². The molecule has 2 fully saturated rings. The van der Waals surface area contributed by atoms with Gasteiger partial charge in [0, 0.05) is 37.8 Å². The number of nitrogens with zero attached hydrogens (tertiary/aromatic N) is 2. The molecule has 1 unspecified atom stereocenters. The molecule has 3 rings (SSSR count). The molecular formula is C20H30N2O4. The highest BCUT2D eigenvalue weighted by Crippen LogP contribution is 2.26. The summed E-state index contributed by atoms with van der Waals surface area (Å²) >= 11 is 0. The average Bonchev–Trinajstić information content (AvgIpc) is 2.65. The Morgan fingerprint density at radius 2 is 2.00 bits per heavy atom. The molecule has 0 aromatic heterocycles. The van der Waals surface area contributed by atoms with Gasteiger partial charge in [-0.3, -0.25) is 14.6 Å². The van der Waals surface area contributed by atoms with Gasteiger partial charge < -0.3 is 14.6 Å². The number of likely N-dealkylation sites (tertiary alicyclic amines) is 1. The number of piperidine rings is 1. The molecular weight excluding hydrogens is 332 g/mol. The van der Waals surface area contributed by atoms with Gasteiger partial charge in [0.05, 0.1) is 19.6 Å². The van der Waals surface area contributed by atoms with E-state index in [2.05, 4.69) is 15.9 Å². The highest BCUT2D eigenvalue weighted by molar-refractivity contribution is 5.67. The van der Waals surface area contributed by atoms with E-state index in [1.54, 1.807) is 0 Å². The fourth-order valence-corrected chi connectivity index (χ4v) is 3.80.